The maximum atomic E-state index is 2.58. The zero-order valence-corrected chi connectivity index (χ0v) is 37.1. The molecule has 290 valence electrons. The van der Waals surface area contributed by atoms with Crippen LogP contribution in [0.3, 0.4) is 0 Å². The van der Waals surface area contributed by atoms with Crippen LogP contribution >= 0.6 is 0 Å². The van der Waals surface area contributed by atoms with Crippen molar-refractivity contribution in [3.8, 4) is 55.9 Å². The van der Waals surface area contributed by atoms with Crippen molar-refractivity contribution in [3.63, 3.8) is 0 Å². The summed E-state index contributed by atoms with van der Waals surface area (Å²) in [7, 11) is 16.3. The highest BCUT2D eigenvalue weighted by Gasteiger charge is 2.26. The third-order valence-corrected chi connectivity index (χ3v) is 14.2. The molecule has 11 rings (SSSR count). The molecule has 0 radical (unpaired) electrons. The van der Waals surface area contributed by atoms with Gasteiger partial charge in [-0.1, -0.05) is 172 Å². The molecule has 0 spiro atoms. The zero-order valence-electron chi connectivity index (χ0n) is 37.1. The molecule has 0 saturated heterocycles. The highest BCUT2D eigenvalue weighted by atomic mass is 15.0. The van der Waals surface area contributed by atoms with E-state index in [4.69, 9.17) is 0 Å². The van der Waals surface area contributed by atoms with Crippen LogP contribution in [0.4, 0.5) is 0 Å². The van der Waals surface area contributed by atoms with Crippen molar-refractivity contribution in [2.45, 2.75) is 0 Å². The average Bonchev–Trinajstić information content (AvgIpc) is 3.87. The summed E-state index contributed by atoms with van der Waals surface area (Å²) in [6, 6.07) is 64.4. The predicted molar refractivity (Wildman–Crippen MR) is 294 cm³/mol. The van der Waals surface area contributed by atoms with Gasteiger partial charge in [0.25, 0.3) is 0 Å². The standard InChI is InChI=1S/C54H43B7N2/c55-46-42(47(56)51(60)53-44(46)45-48(57)49(58)50(59)52(61)54(45)62(53)35-21-12-20-33(28-35)30-14-4-1-5-15-30)34-26-27-40-38(29-34)43-37(32-18-8-3-9-19-32)23-13-25-41(43)63(40)39-24-11-10-22-36(39)31-16-6-2-7-17-31/h1-29H,55-61H2. The van der Waals surface area contributed by atoms with E-state index in [2.05, 4.69) is 240 Å². The Labute approximate surface area is 375 Å². The first-order chi connectivity index (χ1) is 30.7. The fourth-order valence-electron chi connectivity index (χ4n) is 10.7. The quantitative estimate of drug-likeness (QED) is 0.229. The summed E-state index contributed by atoms with van der Waals surface area (Å²) < 4.78 is 5.07. The van der Waals surface area contributed by atoms with Gasteiger partial charge in [0, 0.05) is 38.4 Å². The molecule has 0 amide bonds. The monoisotopic (exact) mass is 796 g/mol. The number of hydrogen-bond donors (Lipinski definition) is 0. The van der Waals surface area contributed by atoms with E-state index in [0.717, 1.165) is 0 Å². The summed E-state index contributed by atoms with van der Waals surface area (Å²) in [6.45, 7) is 0. The molecule has 0 atom stereocenters. The highest BCUT2D eigenvalue weighted by Crippen LogP contribution is 2.42. The van der Waals surface area contributed by atoms with E-state index >= 15 is 0 Å². The van der Waals surface area contributed by atoms with E-state index in [0.29, 0.717) is 0 Å². The summed E-state index contributed by atoms with van der Waals surface area (Å²) in [5.41, 5.74) is 26.6. The van der Waals surface area contributed by atoms with E-state index < -0.39 is 0 Å². The molecule has 0 N–H and O–H groups in total. The van der Waals surface area contributed by atoms with Gasteiger partial charge in [-0.25, -0.2) is 0 Å². The molecule has 0 aliphatic heterocycles. The molecule has 0 fully saturated rings. The summed E-state index contributed by atoms with van der Waals surface area (Å²) in [5, 5.41) is 5.23. The first-order valence-electron chi connectivity index (χ1n) is 22.2. The van der Waals surface area contributed by atoms with Crippen molar-refractivity contribution in [1.29, 1.82) is 0 Å². The van der Waals surface area contributed by atoms with Gasteiger partial charge in [0.15, 0.2) is 0 Å². The number of aromatic nitrogens is 2. The van der Waals surface area contributed by atoms with Gasteiger partial charge >= 0.3 is 0 Å². The predicted octanol–water partition coefficient (Wildman–Crippen LogP) is 2.36. The highest BCUT2D eigenvalue weighted by molar-refractivity contribution is 6.69. The molecule has 0 unspecified atom stereocenters. The van der Waals surface area contributed by atoms with E-state index in [1.54, 1.807) is 0 Å². The minimum absolute atomic E-state index is 1.17. The molecular weight excluding hydrogens is 752 g/mol. The lowest BCUT2D eigenvalue weighted by atomic mass is 9.64. The van der Waals surface area contributed by atoms with Crippen molar-refractivity contribution < 1.29 is 0 Å². The van der Waals surface area contributed by atoms with Crippen molar-refractivity contribution in [1.82, 2.24) is 9.13 Å². The number of hydrogen-bond acceptors (Lipinski definition) is 0. The van der Waals surface area contributed by atoms with Crippen molar-refractivity contribution in [2.75, 3.05) is 0 Å². The fraction of sp³-hybridized carbons (Fsp3) is 0. The van der Waals surface area contributed by atoms with Crippen LogP contribution in [0.15, 0.2) is 176 Å². The Morgan fingerprint density at radius 2 is 0.841 bits per heavy atom. The summed E-state index contributed by atoms with van der Waals surface area (Å²) in [5.74, 6) is 0. The van der Waals surface area contributed by atoms with Gasteiger partial charge in [0.05, 0.1) is 16.7 Å². The van der Waals surface area contributed by atoms with Crippen LogP contribution in [0.2, 0.25) is 0 Å². The lowest BCUT2D eigenvalue weighted by Gasteiger charge is -2.19. The fourth-order valence-corrected chi connectivity index (χ4v) is 10.7. The van der Waals surface area contributed by atoms with Gasteiger partial charge in [0.1, 0.15) is 54.9 Å². The SMILES string of the molecule is Bc1c(B)c(B)c2c(c1B)c1c(B)c(-c3ccc4c(c3)c3c(-c5ccccc5)cccc3n4-c3ccccc3-c3ccccc3)c(B)c(B)c1n2-c1cccc(-c2ccccc2)c1. The maximum absolute atomic E-state index is 2.58. The maximum Gasteiger partial charge on any atom is 0.141 e. The molecular formula is C54H43B7N2. The molecule has 0 bridgehead atoms. The molecule has 11 aromatic rings. The molecule has 2 aromatic heterocycles. The number of nitrogens with zero attached hydrogens (tertiary/aromatic N) is 2. The topological polar surface area (TPSA) is 9.86 Å². The minimum Gasteiger partial charge on any atom is -0.310 e. The number of rotatable bonds is 6. The van der Waals surface area contributed by atoms with Gasteiger partial charge in [-0.2, -0.15) is 0 Å². The summed E-state index contributed by atoms with van der Waals surface area (Å²) >= 11 is 0. The Morgan fingerprint density at radius 3 is 1.54 bits per heavy atom. The Bertz CT molecular complexity index is 3630. The normalized spacial score (nSPS) is 11.6. The molecule has 2 nitrogen and oxygen atoms in total. The van der Waals surface area contributed by atoms with E-state index in [1.807, 2.05) is 0 Å². The van der Waals surface area contributed by atoms with Crippen LogP contribution in [-0.4, -0.2) is 64.1 Å². The Morgan fingerprint density at radius 1 is 0.302 bits per heavy atom. The van der Waals surface area contributed by atoms with E-state index in [-0.39, 0.29) is 0 Å². The van der Waals surface area contributed by atoms with Crippen LogP contribution in [0.5, 0.6) is 0 Å². The van der Waals surface area contributed by atoms with Crippen molar-refractivity contribution >= 4 is 137 Å². The largest absolute Gasteiger partial charge is 0.310 e. The van der Waals surface area contributed by atoms with E-state index in [9.17, 15) is 0 Å². The molecule has 9 heteroatoms. The van der Waals surface area contributed by atoms with Gasteiger partial charge in [-0.15, -0.1) is 5.46 Å². The second-order valence-corrected chi connectivity index (χ2v) is 17.5. The third-order valence-electron chi connectivity index (χ3n) is 14.2. The number of fused-ring (bicyclic) bond motifs is 6. The molecule has 0 saturated carbocycles. The smallest absolute Gasteiger partial charge is 0.141 e. The lowest BCUT2D eigenvalue weighted by Crippen LogP contribution is -2.48. The van der Waals surface area contributed by atoms with Gasteiger partial charge in [0.2, 0.25) is 0 Å². The number of benzene rings is 9. The van der Waals surface area contributed by atoms with Crippen LogP contribution in [0.1, 0.15) is 0 Å². The van der Waals surface area contributed by atoms with Gasteiger partial charge in [-0.05, 0) is 80.7 Å². The van der Waals surface area contributed by atoms with Crippen molar-refractivity contribution in [2.24, 2.45) is 0 Å². The summed E-state index contributed by atoms with van der Waals surface area (Å²) in [4.78, 5) is 0. The second-order valence-electron chi connectivity index (χ2n) is 17.5. The molecule has 0 aliphatic rings. The van der Waals surface area contributed by atoms with E-state index in [1.165, 1.54) is 138 Å². The van der Waals surface area contributed by atoms with Crippen molar-refractivity contribution in [3.05, 3.63) is 176 Å². The Kier molecular flexibility index (Phi) is 9.35. The third kappa shape index (κ3) is 5.97. The molecule has 9 aromatic carbocycles. The van der Waals surface area contributed by atoms with Crippen LogP contribution in [0, 0.1) is 0 Å². The van der Waals surface area contributed by atoms with Gasteiger partial charge < -0.3 is 9.13 Å². The number of para-hydroxylation sites is 1. The molecule has 2 heterocycles. The second kappa shape index (κ2) is 15.1. The van der Waals surface area contributed by atoms with Gasteiger partial charge in [-0.3, -0.25) is 0 Å². The molecule has 0 aliphatic carbocycles. The van der Waals surface area contributed by atoms with Crippen LogP contribution in [0.25, 0.3) is 99.5 Å². The summed E-state index contributed by atoms with van der Waals surface area (Å²) in [6.07, 6.45) is 0. The zero-order chi connectivity index (χ0) is 43.1. The first-order valence-corrected chi connectivity index (χ1v) is 22.2. The minimum atomic E-state index is 1.17. The van der Waals surface area contributed by atoms with Crippen LogP contribution in [-0.2, 0) is 0 Å². The van der Waals surface area contributed by atoms with Crippen LogP contribution < -0.4 is 38.2 Å². The first kappa shape index (κ1) is 38.9. The average molecular weight is 796 g/mol. The lowest BCUT2D eigenvalue weighted by molar-refractivity contribution is 1.18. The molecule has 63 heavy (non-hydrogen) atoms. The Hall–Kier alpha value is -6.97. The Balaban J connectivity index is 1.23.